The Bertz CT molecular complexity index is 453. The van der Waals surface area contributed by atoms with Gasteiger partial charge < -0.3 is 15.4 Å². The Kier molecular flexibility index (Phi) is 5.43. The number of ether oxygens (including phenoxy) is 1. The van der Waals surface area contributed by atoms with Gasteiger partial charge in [0.2, 0.25) is 0 Å². The van der Waals surface area contributed by atoms with E-state index in [4.69, 9.17) is 10.5 Å². The van der Waals surface area contributed by atoms with Crippen LogP contribution >= 0.6 is 15.9 Å². The van der Waals surface area contributed by atoms with E-state index in [9.17, 15) is 0 Å². The summed E-state index contributed by atoms with van der Waals surface area (Å²) in [6.45, 7) is 2.78. The topological polar surface area (TPSA) is 41.7 Å². The van der Waals surface area contributed by atoms with E-state index in [0.29, 0.717) is 12.6 Å². The van der Waals surface area contributed by atoms with Crippen molar-refractivity contribution in [3.05, 3.63) is 28.2 Å². The molecule has 1 fully saturated rings. The van der Waals surface area contributed by atoms with Crippen LogP contribution in [0.2, 0.25) is 0 Å². The van der Waals surface area contributed by atoms with Gasteiger partial charge in [0.25, 0.3) is 0 Å². The van der Waals surface area contributed by atoms with Crippen LogP contribution in [0.15, 0.2) is 22.7 Å². The quantitative estimate of drug-likeness (QED) is 0.890. The van der Waals surface area contributed by atoms with Crippen molar-refractivity contribution in [3.63, 3.8) is 0 Å². The SMILES string of the molecule is COc1ccc(Br)c(C(CN)N2CCC(N(C)C)C2)c1. The molecule has 0 aromatic heterocycles. The van der Waals surface area contributed by atoms with Gasteiger partial charge in [-0.3, -0.25) is 4.90 Å². The third kappa shape index (κ3) is 3.34. The van der Waals surface area contributed by atoms with Gasteiger partial charge in [0.05, 0.1) is 7.11 Å². The molecular formula is C15H24BrN3O. The Hall–Kier alpha value is -0.620. The minimum atomic E-state index is 0.240. The number of likely N-dealkylation sites (tertiary alicyclic amines) is 1. The molecule has 5 heteroatoms. The van der Waals surface area contributed by atoms with Crippen molar-refractivity contribution >= 4 is 15.9 Å². The molecule has 1 heterocycles. The Balaban J connectivity index is 2.20. The van der Waals surface area contributed by atoms with Crippen molar-refractivity contribution in [3.8, 4) is 5.75 Å². The number of hydrogen-bond donors (Lipinski definition) is 1. The molecule has 0 aliphatic carbocycles. The second kappa shape index (κ2) is 6.89. The first kappa shape index (κ1) is 15.8. The van der Waals surface area contributed by atoms with Gasteiger partial charge in [0, 0.05) is 36.2 Å². The molecule has 1 aliphatic rings. The zero-order valence-electron chi connectivity index (χ0n) is 12.5. The second-order valence-electron chi connectivity index (χ2n) is 5.54. The van der Waals surface area contributed by atoms with E-state index in [1.165, 1.54) is 12.0 Å². The van der Waals surface area contributed by atoms with Crippen LogP contribution in [0.25, 0.3) is 0 Å². The van der Waals surface area contributed by atoms with Crippen LogP contribution < -0.4 is 10.5 Å². The molecule has 1 aromatic carbocycles. The lowest BCUT2D eigenvalue weighted by Gasteiger charge is -2.29. The summed E-state index contributed by atoms with van der Waals surface area (Å²) in [5.41, 5.74) is 7.26. The molecule has 112 valence electrons. The average molecular weight is 342 g/mol. The Morgan fingerprint density at radius 2 is 2.25 bits per heavy atom. The van der Waals surface area contributed by atoms with Crippen LogP contribution in [0.4, 0.5) is 0 Å². The van der Waals surface area contributed by atoms with Gasteiger partial charge in [-0.05, 0) is 44.3 Å². The highest BCUT2D eigenvalue weighted by molar-refractivity contribution is 9.10. The van der Waals surface area contributed by atoms with E-state index in [1.807, 2.05) is 12.1 Å². The van der Waals surface area contributed by atoms with E-state index in [0.717, 1.165) is 23.3 Å². The molecule has 2 rings (SSSR count). The molecule has 20 heavy (non-hydrogen) atoms. The first-order valence-corrected chi connectivity index (χ1v) is 7.80. The van der Waals surface area contributed by atoms with E-state index in [1.54, 1.807) is 7.11 Å². The van der Waals surface area contributed by atoms with Crippen LogP contribution in [0, 0.1) is 0 Å². The zero-order valence-corrected chi connectivity index (χ0v) is 14.1. The minimum absolute atomic E-state index is 0.240. The molecule has 0 bridgehead atoms. The number of nitrogens with zero attached hydrogens (tertiary/aromatic N) is 2. The summed E-state index contributed by atoms with van der Waals surface area (Å²) in [6, 6.07) is 6.95. The molecule has 0 amide bonds. The molecule has 1 aromatic rings. The molecule has 0 radical (unpaired) electrons. The summed E-state index contributed by atoms with van der Waals surface area (Å²) in [6.07, 6.45) is 1.20. The van der Waals surface area contributed by atoms with E-state index >= 15 is 0 Å². The maximum atomic E-state index is 6.05. The van der Waals surface area contributed by atoms with E-state index in [2.05, 4.69) is 45.9 Å². The number of benzene rings is 1. The smallest absolute Gasteiger partial charge is 0.119 e. The summed E-state index contributed by atoms with van der Waals surface area (Å²) in [5, 5.41) is 0. The largest absolute Gasteiger partial charge is 0.497 e. The second-order valence-corrected chi connectivity index (χ2v) is 6.39. The van der Waals surface area contributed by atoms with Crippen LogP contribution in [-0.2, 0) is 0 Å². The standard InChI is InChI=1S/C15H24BrN3O/c1-18(2)11-6-7-19(10-11)15(9-17)13-8-12(20-3)4-5-14(13)16/h4-5,8,11,15H,6-7,9-10,17H2,1-3H3. The van der Waals surface area contributed by atoms with Gasteiger partial charge in [0.15, 0.2) is 0 Å². The predicted octanol–water partition coefficient (Wildman–Crippen LogP) is 2.09. The molecular weight excluding hydrogens is 318 g/mol. The third-order valence-corrected chi connectivity index (χ3v) is 4.87. The third-order valence-electron chi connectivity index (χ3n) is 4.15. The number of hydrogen-bond acceptors (Lipinski definition) is 4. The first-order chi connectivity index (χ1) is 9.56. The van der Waals surface area contributed by atoms with Crippen molar-refractivity contribution in [2.45, 2.75) is 18.5 Å². The summed E-state index contributed by atoms with van der Waals surface area (Å²) >= 11 is 3.64. The van der Waals surface area contributed by atoms with Gasteiger partial charge in [0.1, 0.15) is 5.75 Å². The molecule has 2 N–H and O–H groups in total. The number of rotatable bonds is 5. The van der Waals surface area contributed by atoms with E-state index in [-0.39, 0.29) is 6.04 Å². The summed E-state index contributed by atoms with van der Waals surface area (Å²) in [4.78, 5) is 4.78. The highest BCUT2D eigenvalue weighted by Crippen LogP contribution is 2.33. The fraction of sp³-hybridized carbons (Fsp3) is 0.600. The van der Waals surface area contributed by atoms with Crippen molar-refractivity contribution in [2.24, 2.45) is 5.73 Å². The number of likely N-dealkylation sites (N-methyl/N-ethyl adjacent to an activating group) is 1. The highest BCUT2D eigenvalue weighted by Gasteiger charge is 2.30. The van der Waals surface area contributed by atoms with Gasteiger partial charge in [-0.1, -0.05) is 15.9 Å². The van der Waals surface area contributed by atoms with Crippen LogP contribution in [-0.4, -0.2) is 56.7 Å². The maximum absolute atomic E-state index is 6.05. The molecule has 2 unspecified atom stereocenters. The van der Waals surface area contributed by atoms with Crippen LogP contribution in [0.3, 0.4) is 0 Å². The van der Waals surface area contributed by atoms with Crippen LogP contribution in [0.5, 0.6) is 5.75 Å². The monoisotopic (exact) mass is 341 g/mol. The average Bonchev–Trinajstić information content (AvgIpc) is 2.91. The molecule has 0 spiro atoms. The number of methoxy groups -OCH3 is 1. The Labute approximate surface area is 130 Å². The van der Waals surface area contributed by atoms with Crippen molar-refractivity contribution in [1.29, 1.82) is 0 Å². The fourth-order valence-electron chi connectivity index (χ4n) is 2.85. The first-order valence-electron chi connectivity index (χ1n) is 7.00. The summed E-state index contributed by atoms with van der Waals surface area (Å²) in [7, 11) is 5.99. The van der Waals surface area contributed by atoms with Crippen LogP contribution in [0.1, 0.15) is 18.0 Å². The molecule has 2 atom stereocenters. The highest BCUT2D eigenvalue weighted by atomic mass is 79.9. The van der Waals surface area contributed by atoms with Crippen molar-refractivity contribution in [2.75, 3.05) is 40.8 Å². The lowest BCUT2D eigenvalue weighted by atomic mass is 10.1. The Morgan fingerprint density at radius 3 is 2.80 bits per heavy atom. The Morgan fingerprint density at radius 1 is 1.50 bits per heavy atom. The van der Waals surface area contributed by atoms with Gasteiger partial charge in [-0.15, -0.1) is 0 Å². The lowest BCUT2D eigenvalue weighted by molar-refractivity contribution is 0.220. The van der Waals surface area contributed by atoms with Crippen molar-refractivity contribution in [1.82, 2.24) is 9.80 Å². The summed E-state index contributed by atoms with van der Waals surface area (Å²) < 4.78 is 6.44. The number of nitrogens with two attached hydrogens (primary N) is 1. The summed E-state index contributed by atoms with van der Waals surface area (Å²) in [5.74, 6) is 0.880. The zero-order chi connectivity index (χ0) is 14.7. The predicted molar refractivity (Wildman–Crippen MR) is 86.2 cm³/mol. The van der Waals surface area contributed by atoms with Gasteiger partial charge >= 0.3 is 0 Å². The number of halogens is 1. The van der Waals surface area contributed by atoms with Crippen molar-refractivity contribution < 1.29 is 4.74 Å². The molecule has 0 saturated carbocycles. The molecule has 4 nitrogen and oxygen atoms in total. The normalized spacial score (nSPS) is 21.4. The fourth-order valence-corrected chi connectivity index (χ4v) is 3.36. The minimum Gasteiger partial charge on any atom is -0.497 e. The molecule has 1 aliphatic heterocycles. The van der Waals surface area contributed by atoms with Gasteiger partial charge in [-0.25, -0.2) is 0 Å². The lowest BCUT2D eigenvalue weighted by Crippen LogP contribution is -2.36. The van der Waals surface area contributed by atoms with Gasteiger partial charge in [-0.2, -0.15) is 0 Å². The maximum Gasteiger partial charge on any atom is 0.119 e. The van der Waals surface area contributed by atoms with E-state index < -0.39 is 0 Å². The molecule has 1 saturated heterocycles.